The first-order chi connectivity index (χ1) is 9.51. The molecule has 0 aromatic rings. The van der Waals surface area contributed by atoms with Crippen LogP contribution in [0.2, 0.25) is 0 Å². The number of piperazine rings is 1. The van der Waals surface area contributed by atoms with E-state index < -0.39 is 10.2 Å². The maximum atomic E-state index is 12.9. The standard InChI is InChI=1S/C14H31N3O2S/c1-5-9-16(10-6-2)20(18,19)17-12-13(7-3)15-11-14(17)8-4/h13-15H,5-12H2,1-4H3. The molecule has 0 aromatic heterocycles. The molecule has 1 N–H and O–H groups in total. The van der Waals surface area contributed by atoms with Crippen LogP contribution in [0.25, 0.3) is 0 Å². The molecule has 2 unspecified atom stereocenters. The van der Waals surface area contributed by atoms with Gasteiger partial charge in [0, 0.05) is 38.3 Å². The molecule has 0 spiro atoms. The average molecular weight is 305 g/mol. The van der Waals surface area contributed by atoms with E-state index >= 15 is 0 Å². The normalized spacial score (nSPS) is 25.2. The van der Waals surface area contributed by atoms with Crippen molar-refractivity contribution in [1.29, 1.82) is 0 Å². The number of hydrogen-bond donors (Lipinski definition) is 1. The molecule has 6 heteroatoms. The summed E-state index contributed by atoms with van der Waals surface area (Å²) in [5.41, 5.74) is 0. The summed E-state index contributed by atoms with van der Waals surface area (Å²) in [7, 11) is -3.33. The molecule has 0 bridgehead atoms. The van der Waals surface area contributed by atoms with E-state index in [0.29, 0.717) is 19.6 Å². The van der Waals surface area contributed by atoms with E-state index in [1.807, 2.05) is 13.8 Å². The lowest BCUT2D eigenvalue weighted by Gasteiger charge is -2.41. The number of rotatable bonds is 8. The highest BCUT2D eigenvalue weighted by Gasteiger charge is 2.37. The highest BCUT2D eigenvalue weighted by molar-refractivity contribution is 7.86. The van der Waals surface area contributed by atoms with E-state index in [4.69, 9.17) is 0 Å². The monoisotopic (exact) mass is 305 g/mol. The van der Waals surface area contributed by atoms with Crippen molar-refractivity contribution in [3.8, 4) is 0 Å². The van der Waals surface area contributed by atoms with Gasteiger partial charge in [0.25, 0.3) is 10.2 Å². The first-order valence-electron chi connectivity index (χ1n) is 8.01. The Bertz CT molecular complexity index is 367. The molecule has 0 aromatic carbocycles. The lowest BCUT2D eigenvalue weighted by atomic mass is 10.1. The zero-order valence-electron chi connectivity index (χ0n) is 13.4. The van der Waals surface area contributed by atoms with Crippen LogP contribution in [0.3, 0.4) is 0 Å². The molecule has 1 heterocycles. The summed E-state index contributed by atoms with van der Waals surface area (Å²) in [6.07, 6.45) is 3.54. The smallest absolute Gasteiger partial charge is 0.282 e. The highest BCUT2D eigenvalue weighted by atomic mass is 32.2. The Morgan fingerprint density at radius 3 is 2.15 bits per heavy atom. The molecule has 120 valence electrons. The lowest BCUT2D eigenvalue weighted by molar-refractivity contribution is 0.200. The van der Waals surface area contributed by atoms with E-state index in [1.165, 1.54) is 0 Å². The Kier molecular flexibility index (Phi) is 7.43. The summed E-state index contributed by atoms with van der Waals surface area (Å²) in [6, 6.07) is 0.358. The van der Waals surface area contributed by atoms with Crippen LogP contribution >= 0.6 is 0 Å². The fraction of sp³-hybridized carbons (Fsp3) is 1.00. The molecule has 1 saturated heterocycles. The molecule has 1 rings (SSSR count). The summed E-state index contributed by atoms with van der Waals surface area (Å²) in [6.45, 7) is 10.8. The molecule has 1 aliphatic heterocycles. The van der Waals surface area contributed by atoms with Crippen molar-refractivity contribution in [2.45, 2.75) is 65.5 Å². The molecule has 1 fully saturated rings. The van der Waals surface area contributed by atoms with Gasteiger partial charge in [0.15, 0.2) is 0 Å². The minimum Gasteiger partial charge on any atom is -0.311 e. The molecule has 20 heavy (non-hydrogen) atoms. The van der Waals surface area contributed by atoms with Crippen LogP contribution in [0.4, 0.5) is 0 Å². The summed E-state index contributed by atoms with van der Waals surface area (Å²) >= 11 is 0. The third-order valence-electron chi connectivity index (χ3n) is 3.98. The van der Waals surface area contributed by atoms with E-state index in [-0.39, 0.29) is 12.1 Å². The van der Waals surface area contributed by atoms with Crippen molar-refractivity contribution < 1.29 is 8.42 Å². The van der Waals surface area contributed by atoms with Gasteiger partial charge in [0.2, 0.25) is 0 Å². The molecular weight excluding hydrogens is 274 g/mol. The summed E-state index contributed by atoms with van der Waals surface area (Å²) in [4.78, 5) is 0. The van der Waals surface area contributed by atoms with Crippen molar-refractivity contribution >= 4 is 10.2 Å². The van der Waals surface area contributed by atoms with Crippen LogP contribution in [-0.4, -0.2) is 55.3 Å². The van der Waals surface area contributed by atoms with Gasteiger partial charge in [0.05, 0.1) is 0 Å². The fourth-order valence-electron chi connectivity index (χ4n) is 2.73. The Morgan fingerprint density at radius 2 is 1.70 bits per heavy atom. The average Bonchev–Trinajstić information content (AvgIpc) is 2.46. The first-order valence-corrected chi connectivity index (χ1v) is 9.41. The Balaban J connectivity index is 2.94. The lowest BCUT2D eigenvalue weighted by Crippen LogP contribution is -2.60. The van der Waals surface area contributed by atoms with Crippen LogP contribution in [0.1, 0.15) is 53.4 Å². The SMILES string of the molecule is CCCN(CCC)S(=O)(=O)N1CC(CC)NCC1CC. The van der Waals surface area contributed by atoms with Crippen LogP contribution in [0.5, 0.6) is 0 Å². The van der Waals surface area contributed by atoms with Crippen LogP contribution < -0.4 is 5.32 Å². The summed E-state index contributed by atoms with van der Waals surface area (Å²) < 4.78 is 29.2. The van der Waals surface area contributed by atoms with Gasteiger partial charge in [-0.15, -0.1) is 0 Å². The maximum Gasteiger partial charge on any atom is 0.282 e. The minimum atomic E-state index is -3.33. The van der Waals surface area contributed by atoms with Crippen LogP contribution in [0, 0.1) is 0 Å². The maximum absolute atomic E-state index is 12.9. The molecule has 0 amide bonds. The van der Waals surface area contributed by atoms with Gasteiger partial charge in [-0.25, -0.2) is 0 Å². The van der Waals surface area contributed by atoms with Gasteiger partial charge in [0.1, 0.15) is 0 Å². The second-order valence-corrected chi connectivity index (χ2v) is 7.43. The van der Waals surface area contributed by atoms with Crippen molar-refractivity contribution in [2.24, 2.45) is 0 Å². The van der Waals surface area contributed by atoms with Crippen molar-refractivity contribution in [1.82, 2.24) is 13.9 Å². The molecule has 0 aliphatic carbocycles. The van der Waals surface area contributed by atoms with E-state index in [0.717, 1.165) is 32.2 Å². The Hall–Kier alpha value is -0.170. The van der Waals surface area contributed by atoms with E-state index in [2.05, 4.69) is 19.2 Å². The van der Waals surface area contributed by atoms with Crippen LogP contribution in [-0.2, 0) is 10.2 Å². The van der Waals surface area contributed by atoms with Crippen molar-refractivity contribution in [2.75, 3.05) is 26.2 Å². The Labute approximate surface area is 124 Å². The largest absolute Gasteiger partial charge is 0.311 e. The third-order valence-corrected chi connectivity index (χ3v) is 6.04. The Morgan fingerprint density at radius 1 is 1.10 bits per heavy atom. The van der Waals surface area contributed by atoms with Crippen molar-refractivity contribution in [3.05, 3.63) is 0 Å². The molecule has 0 saturated carbocycles. The molecule has 2 atom stereocenters. The summed E-state index contributed by atoms with van der Waals surface area (Å²) in [5.74, 6) is 0. The van der Waals surface area contributed by atoms with E-state index in [9.17, 15) is 8.42 Å². The number of nitrogens with zero attached hydrogens (tertiary/aromatic N) is 2. The number of hydrogen-bond acceptors (Lipinski definition) is 3. The van der Waals surface area contributed by atoms with Gasteiger partial charge in [-0.05, 0) is 25.7 Å². The zero-order chi connectivity index (χ0) is 15.2. The van der Waals surface area contributed by atoms with Gasteiger partial charge in [-0.1, -0.05) is 27.7 Å². The summed E-state index contributed by atoms with van der Waals surface area (Å²) in [5, 5.41) is 3.45. The van der Waals surface area contributed by atoms with Crippen molar-refractivity contribution in [3.63, 3.8) is 0 Å². The second-order valence-electron chi connectivity index (χ2n) is 5.55. The van der Waals surface area contributed by atoms with Gasteiger partial charge in [-0.2, -0.15) is 17.0 Å². The quantitative estimate of drug-likeness (QED) is 0.744. The minimum absolute atomic E-state index is 0.0824. The molecular formula is C14H31N3O2S. The van der Waals surface area contributed by atoms with Gasteiger partial charge >= 0.3 is 0 Å². The van der Waals surface area contributed by atoms with Gasteiger partial charge in [-0.3, -0.25) is 0 Å². The zero-order valence-corrected chi connectivity index (χ0v) is 14.2. The van der Waals surface area contributed by atoms with E-state index in [1.54, 1.807) is 8.61 Å². The highest BCUT2D eigenvalue weighted by Crippen LogP contribution is 2.20. The first kappa shape index (κ1) is 17.9. The molecule has 5 nitrogen and oxygen atoms in total. The molecule has 0 radical (unpaired) electrons. The topological polar surface area (TPSA) is 52.7 Å². The van der Waals surface area contributed by atoms with Gasteiger partial charge < -0.3 is 5.32 Å². The fourth-order valence-corrected chi connectivity index (χ4v) is 4.82. The second kappa shape index (κ2) is 8.32. The predicted molar refractivity (Wildman–Crippen MR) is 83.9 cm³/mol. The number of nitrogens with one attached hydrogen (secondary N) is 1. The predicted octanol–water partition coefficient (Wildman–Crippen LogP) is 1.82. The third kappa shape index (κ3) is 4.16. The van der Waals surface area contributed by atoms with Crippen LogP contribution in [0.15, 0.2) is 0 Å². The molecule has 1 aliphatic rings.